The number of hydrogen-bond donors (Lipinski definition) is 7. The van der Waals surface area contributed by atoms with Gasteiger partial charge in [-0.3, -0.25) is 28.8 Å². The number of esters is 2. The van der Waals surface area contributed by atoms with Gasteiger partial charge in [-0.05, 0) is 156 Å². The molecule has 0 saturated heterocycles. The summed E-state index contributed by atoms with van der Waals surface area (Å²) in [6.07, 6.45) is 6.02. The predicted octanol–water partition coefficient (Wildman–Crippen LogP) is 8.84. The minimum atomic E-state index is -0.994. The quantitative estimate of drug-likeness (QED) is 0.0352. The lowest BCUT2D eigenvalue weighted by atomic mass is 10.1. The molecule has 2 aromatic heterocycles. The van der Waals surface area contributed by atoms with E-state index in [4.69, 9.17) is 60.9 Å². The fraction of sp³-hybridized carbons (Fsp3) is 0.536. The summed E-state index contributed by atoms with van der Waals surface area (Å²) in [7, 11) is 0. The van der Waals surface area contributed by atoms with Crippen LogP contribution in [-0.4, -0.2) is 95.9 Å². The lowest BCUT2D eigenvalue weighted by Crippen LogP contribution is -2.43. The first kappa shape index (κ1) is 70.0. The van der Waals surface area contributed by atoms with E-state index in [0.29, 0.717) is 11.0 Å². The molecule has 4 aromatic rings. The van der Waals surface area contributed by atoms with Crippen molar-refractivity contribution in [2.75, 3.05) is 18.4 Å². The summed E-state index contributed by atoms with van der Waals surface area (Å²) in [5.74, 6) is -1.45. The highest BCUT2D eigenvalue weighted by atomic mass is 35.5. The number of fused-ring (bicyclic) bond motifs is 2. The second-order valence-corrected chi connectivity index (χ2v) is 23.2. The molecule has 19 nitrogen and oxygen atoms in total. The summed E-state index contributed by atoms with van der Waals surface area (Å²) < 4.78 is 9.97. The zero-order valence-electron chi connectivity index (χ0n) is 47.5. The van der Waals surface area contributed by atoms with E-state index in [2.05, 4.69) is 41.2 Å². The van der Waals surface area contributed by atoms with Crippen LogP contribution in [0.4, 0.5) is 5.82 Å². The van der Waals surface area contributed by atoms with Crippen LogP contribution in [0.25, 0.3) is 0 Å². The van der Waals surface area contributed by atoms with Crippen LogP contribution >= 0.6 is 34.8 Å². The number of carbonyl (C=O) groups is 6. The molecule has 22 heteroatoms. The van der Waals surface area contributed by atoms with Gasteiger partial charge in [0.05, 0.1) is 43.7 Å². The maximum Gasteiger partial charge on any atom is 0.306 e. The highest BCUT2D eigenvalue weighted by molar-refractivity contribution is 6.32. The number of carboxylic acid groups (broad SMARTS) is 1. The first-order valence-electron chi connectivity index (χ1n) is 25.7. The van der Waals surface area contributed by atoms with Gasteiger partial charge in [0.15, 0.2) is 0 Å². The van der Waals surface area contributed by atoms with Crippen LogP contribution < -0.4 is 32.7 Å². The second kappa shape index (κ2) is 34.8. The maximum atomic E-state index is 11.8. The first-order valence-corrected chi connectivity index (χ1v) is 26.8. The lowest BCUT2D eigenvalue weighted by Gasteiger charge is -2.21. The Balaban J connectivity index is 0.000000487. The van der Waals surface area contributed by atoms with Crippen molar-refractivity contribution in [3.05, 3.63) is 110 Å². The van der Waals surface area contributed by atoms with Gasteiger partial charge in [0.1, 0.15) is 24.2 Å². The van der Waals surface area contributed by atoms with Crippen LogP contribution in [0.15, 0.2) is 60.7 Å². The smallest absolute Gasteiger partial charge is 0.306 e. The molecule has 0 radical (unpaired) electrons. The Morgan fingerprint density at radius 1 is 0.551 bits per heavy atom. The van der Waals surface area contributed by atoms with E-state index < -0.39 is 11.9 Å². The largest absolute Gasteiger partial charge is 0.481 e. The first-order chi connectivity index (χ1) is 36.1. The molecule has 2 aliphatic rings. The molecule has 0 unspecified atom stereocenters. The molecule has 6 rings (SSSR count). The van der Waals surface area contributed by atoms with Gasteiger partial charge in [-0.2, -0.15) is 0 Å². The Morgan fingerprint density at radius 2 is 0.949 bits per heavy atom. The van der Waals surface area contributed by atoms with E-state index >= 15 is 0 Å². The number of carbonyl (C=O) groups excluding carboxylic acids is 5. The molecule has 2 heterocycles. The molecule has 0 spiro atoms. The third-order valence-corrected chi connectivity index (χ3v) is 10.1. The SMILES string of the molecule is CC(C)(C)N.CC(C)(C)NC(=O)CCC(=O)OCc1ccccc1.CC(C)(C)NC(=O)CN.CC(C)(C)NC(=O)CNc1nc(Cl)nc2c1CCC2.Clc1nc(Cl)c2c(n1)CCC2.O=C(O)CCC(=O)OCc1ccccc1. The van der Waals surface area contributed by atoms with Crippen molar-refractivity contribution in [2.45, 2.75) is 183 Å². The van der Waals surface area contributed by atoms with Gasteiger partial charge in [-0.15, -0.1) is 0 Å². The van der Waals surface area contributed by atoms with Gasteiger partial charge in [0, 0.05) is 39.7 Å². The number of benzene rings is 2. The van der Waals surface area contributed by atoms with Crippen molar-refractivity contribution in [1.82, 2.24) is 35.9 Å². The summed E-state index contributed by atoms with van der Waals surface area (Å²) in [5, 5.41) is 20.8. The topological polar surface area (TPSA) is 293 Å². The number of carboxylic acids is 1. The number of aliphatic carboxylic acids is 1. The van der Waals surface area contributed by atoms with E-state index in [1.165, 1.54) is 0 Å². The van der Waals surface area contributed by atoms with Crippen LogP contribution in [0.2, 0.25) is 15.7 Å². The summed E-state index contributed by atoms with van der Waals surface area (Å²) in [4.78, 5) is 82.9. The molecule has 78 heavy (non-hydrogen) atoms. The average molecular weight is 1150 g/mol. The van der Waals surface area contributed by atoms with Gasteiger partial charge in [0.25, 0.3) is 0 Å². The number of aromatic nitrogens is 4. The van der Waals surface area contributed by atoms with Crippen LogP contribution in [0.1, 0.15) is 155 Å². The number of aryl methyl sites for hydroxylation is 2. The highest BCUT2D eigenvalue weighted by Gasteiger charge is 2.21. The second-order valence-electron chi connectivity index (χ2n) is 22.2. The Labute approximate surface area is 475 Å². The summed E-state index contributed by atoms with van der Waals surface area (Å²) >= 11 is 17.3. The molecule has 0 atom stereocenters. The molecule has 0 fully saturated rings. The molecule has 0 bridgehead atoms. The van der Waals surface area contributed by atoms with Gasteiger partial charge in [0.2, 0.25) is 28.3 Å². The molecule has 3 amide bonds. The molecule has 2 aliphatic carbocycles. The fourth-order valence-corrected chi connectivity index (χ4v) is 7.23. The Hall–Kier alpha value is -5.99. The normalized spacial score (nSPS) is 12.1. The third kappa shape index (κ3) is 36.2. The minimum absolute atomic E-state index is 0. The van der Waals surface area contributed by atoms with Crippen molar-refractivity contribution in [2.24, 2.45) is 11.5 Å². The van der Waals surface area contributed by atoms with Crippen LogP contribution in [0.5, 0.6) is 0 Å². The Kier molecular flexibility index (Phi) is 31.2. The molecule has 0 aliphatic heterocycles. The van der Waals surface area contributed by atoms with Crippen molar-refractivity contribution in [3.63, 3.8) is 0 Å². The molecule has 9 N–H and O–H groups in total. The number of amides is 3. The fourth-order valence-electron chi connectivity index (χ4n) is 6.53. The minimum Gasteiger partial charge on any atom is -0.481 e. The van der Waals surface area contributed by atoms with E-state index in [-0.39, 0.29) is 108 Å². The highest BCUT2D eigenvalue weighted by Crippen LogP contribution is 2.28. The van der Waals surface area contributed by atoms with Gasteiger partial charge in [-0.25, -0.2) is 19.9 Å². The number of anilines is 1. The third-order valence-electron chi connectivity index (χ3n) is 9.49. The summed E-state index contributed by atoms with van der Waals surface area (Å²) in [6, 6.07) is 18.7. The monoisotopic (exact) mass is 1140 g/mol. The number of nitrogens with zero attached hydrogens (tertiary/aromatic N) is 4. The van der Waals surface area contributed by atoms with Gasteiger partial charge < -0.3 is 47.3 Å². The van der Waals surface area contributed by atoms with Crippen molar-refractivity contribution in [1.29, 1.82) is 0 Å². The standard InChI is InChI=1S/C15H21NO3.C13H19ClN4O.C11H12O4.C7H6Cl2N2.C6H14N2O.C4H11N/c1-15(2,3)16-13(17)9-10-14(18)19-11-12-7-5-4-6-8-12;1-13(2,3)18-10(19)7-15-11-8-5-4-6-9(8)16-12(14)17-11;12-10(13)6-7-11(14)15-8-9-4-2-1-3-5-9;8-6-4-2-1-3-5(4)10-7(9)11-6;1-6(2,3)8-5(9)4-7;1-4(2,3)5/h4-8H,9-11H2,1-3H3,(H,16,17);4-7H2,1-3H3,(H,18,19)(H,15,16,17);1-5H,6-8H2,(H,12,13);1-3H2;4,7H2,1-3H3,(H,8,9);5H2,1-3H3. The van der Waals surface area contributed by atoms with Crippen LogP contribution in [0.3, 0.4) is 0 Å². The molecule has 2 aromatic carbocycles. The molecule has 0 saturated carbocycles. The zero-order chi connectivity index (χ0) is 59.3. The van der Waals surface area contributed by atoms with Gasteiger partial charge >= 0.3 is 17.9 Å². The number of nitrogens with two attached hydrogens (primary N) is 2. The van der Waals surface area contributed by atoms with Crippen LogP contribution in [0, 0.1) is 0 Å². The number of hydrogen-bond acceptors (Lipinski definition) is 15. The molecular formula is C56H83Cl3N10O9. The van der Waals surface area contributed by atoms with E-state index in [1.54, 1.807) is 0 Å². The van der Waals surface area contributed by atoms with E-state index in [9.17, 15) is 28.8 Å². The maximum absolute atomic E-state index is 11.8. The van der Waals surface area contributed by atoms with Crippen molar-refractivity contribution in [3.8, 4) is 0 Å². The zero-order valence-corrected chi connectivity index (χ0v) is 49.7. The number of ether oxygens (including phenoxy) is 2. The summed E-state index contributed by atoms with van der Waals surface area (Å²) in [5.41, 5.74) is 15.8. The predicted molar refractivity (Wildman–Crippen MR) is 307 cm³/mol. The average Bonchev–Trinajstić information content (AvgIpc) is 4.00. The van der Waals surface area contributed by atoms with Crippen molar-refractivity contribution < 1.29 is 43.3 Å². The molecule has 432 valence electrons. The Morgan fingerprint density at radius 3 is 1.37 bits per heavy atom. The van der Waals surface area contributed by atoms with E-state index in [0.717, 1.165) is 72.2 Å². The lowest BCUT2D eigenvalue weighted by molar-refractivity contribution is -0.148. The van der Waals surface area contributed by atoms with Gasteiger partial charge in [-0.1, -0.05) is 72.3 Å². The van der Waals surface area contributed by atoms with E-state index in [1.807, 2.05) is 144 Å². The number of halogens is 3. The molecular weight excluding hydrogens is 1060 g/mol. The van der Waals surface area contributed by atoms with Crippen LogP contribution in [-0.2, 0) is 77.1 Å². The number of rotatable bonds is 14. The summed E-state index contributed by atoms with van der Waals surface area (Å²) in [6.45, 7) is 23.9. The number of nitrogens with one attached hydrogen (secondary N) is 4. The van der Waals surface area contributed by atoms with Crippen molar-refractivity contribution >= 4 is 76.3 Å². The Bertz CT molecular complexity index is 2510.